The van der Waals surface area contributed by atoms with Gasteiger partial charge in [0, 0.05) is 31.2 Å². The lowest BCUT2D eigenvalue weighted by atomic mass is 10.2. The third kappa shape index (κ3) is 5.02. The largest absolute Gasteiger partial charge is 0.379 e. The SMILES string of the molecule is O=c1[nH]c(CSc2nc3ccccc3c(=O)n2CCCN2CCOCC2)nc2cc(Cl)ccc12. The summed E-state index contributed by atoms with van der Waals surface area (Å²) >= 11 is 7.47. The molecule has 0 aliphatic carbocycles. The minimum Gasteiger partial charge on any atom is -0.379 e. The molecule has 1 aliphatic heterocycles. The van der Waals surface area contributed by atoms with Crippen LogP contribution in [0.25, 0.3) is 21.8 Å². The van der Waals surface area contributed by atoms with Gasteiger partial charge in [-0.2, -0.15) is 0 Å². The number of thioether (sulfide) groups is 1. The molecule has 8 nitrogen and oxygen atoms in total. The molecule has 34 heavy (non-hydrogen) atoms. The van der Waals surface area contributed by atoms with Crippen LogP contribution in [0.2, 0.25) is 5.02 Å². The maximum absolute atomic E-state index is 13.3. The highest BCUT2D eigenvalue weighted by molar-refractivity contribution is 7.98. The molecule has 2 aromatic heterocycles. The predicted octanol–water partition coefficient (Wildman–Crippen LogP) is 3.30. The minimum absolute atomic E-state index is 0.0539. The summed E-state index contributed by atoms with van der Waals surface area (Å²) in [6.45, 7) is 4.79. The number of rotatable bonds is 7. The van der Waals surface area contributed by atoms with E-state index in [0.717, 1.165) is 39.3 Å². The molecular weight excluding hydrogens is 474 g/mol. The van der Waals surface area contributed by atoms with Crippen LogP contribution < -0.4 is 11.1 Å². The Balaban J connectivity index is 1.41. The first-order valence-electron chi connectivity index (χ1n) is 11.2. The molecule has 176 valence electrons. The fourth-order valence-corrected chi connectivity index (χ4v) is 5.16. The van der Waals surface area contributed by atoms with Crippen molar-refractivity contribution in [1.82, 2.24) is 24.4 Å². The van der Waals surface area contributed by atoms with E-state index in [-0.39, 0.29) is 11.1 Å². The number of nitrogens with zero attached hydrogens (tertiary/aromatic N) is 4. The molecule has 0 radical (unpaired) electrons. The Morgan fingerprint density at radius 2 is 1.82 bits per heavy atom. The van der Waals surface area contributed by atoms with E-state index in [2.05, 4.69) is 14.9 Å². The molecule has 0 spiro atoms. The Labute approximate surface area is 204 Å². The van der Waals surface area contributed by atoms with Gasteiger partial charge in [0.05, 0.1) is 40.8 Å². The first-order valence-corrected chi connectivity index (χ1v) is 12.6. The van der Waals surface area contributed by atoms with Gasteiger partial charge < -0.3 is 9.72 Å². The molecule has 10 heteroatoms. The van der Waals surface area contributed by atoms with Gasteiger partial charge in [0.2, 0.25) is 0 Å². The quantitative estimate of drug-likeness (QED) is 0.309. The molecule has 3 heterocycles. The Hall–Kier alpha value is -2.72. The van der Waals surface area contributed by atoms with Gasteiger partial charge in [-0.05, 0) is 36.8 Å². The molecule has 1 N–H and O–H groups in total. The zero-order valence-electron chi connectivity index (χ0n) is 18.5. The van der Waals surface area contributed by atoms with E-state index in [0.29, 0.717) is 50.1 Å². The molecule has 0 amide bonds. The molecule has 0 atom stereocenters. The van der Waals surface area contributed by atoms with Gasteiger partial charge in [-0.15, -0.1) is 0 Å². The number of ether oxygens (including phenoxy) is 1. The maximum Gasteiger partial charge on any atom is 0.262 e. The second-order valence-electron chi connectivity index (χ2n) is 8.14. The van der Waals surface area contributed by atoms with Crippen molar-refractivity contribution < 1.29 is 4.74 Å². The summed E-state index contributed by atoms with van der Waals surface area (Å²) in [7, 11) is 0. The summed E-state index contributed by atoms with van der Waals surface area (Å²) in [4.78, 5) is 40.3. The van der Waals surface area contributed by atoms with Crippen molar-refractivity contribution in [2.45, 2.75) is 23.9 Å². The van der Waals surface area contributed by atoms with E-state index in [1.807, 2.05) is 24.3 Å². The second kappa shape index (κ2) is 10.3. The average molecular weight is 498 g/mol. The average Bonchev–Trinajstić information content (AvgIpc) is 2.84. The van der Waals surface area contributed by atoms with Gasteiger partial charge >= 0.3 is 0 Å². The zero-order chi connectivity index (χ0) is 23.5. The lowest BCUT2D eigenvalue weighted by Gasteiger charge is -2.26. The van der Waals surface area contributed by atoms with Crippen molar-refractivity contribution in [2.24, 2.45) is 0 Å². The van der Waals surface area contributed by atoms with Crippen molar-refractivity contribution >= 4 is 45.2 Å². The van der Waals surface area contributed by atoms with E-state index < -0.39 is 0 Å². The van der Waals surface area contributed by atoms with Gasteiger partial charge in [0.1, 0.15) is 5.82 Å². The number of aromatic nitrogens is 4. The number of hydrogen-bond donors (Lipinski definition) is 1. The monoisotopic (exact) mass is 497 g/mol. The Kier molecular flexibility index (Phi) is 6.96. The molecule has 0 saturated carbocycles. The van der Waals surface area contributed by atoms with Crippen LogP contribution in [-0.4, -0.2) is 57.3 Å². The summed E-state index contributed by atoms with van der Waals surface area (Å²) in [5.74, 6) is 0.874. The lowest BCUT2D eigenvalue weighted by Crippen LogP contribution is -2.37. The number of para-hydroxylation sites is 1. The van der Waals surface area contributed by atoms with Gasteiger partial charge in [-0.1, -0.05) is 35.5 Å². The standard InChI is InChI=1S/C24H24ClN5O3S/c25-16-6-7-17-20(14-16)26-21(28-22(17)31)15-34-24-27-19-5-2-1-4-18(19)23(32)30(24)9-3-8-29-10-12-33-13-11-29/h1-2,4-7,14H,3,8-13,15H2,(H,26,28,31). The van der Waals surface area contributed by atoms with E-state index in [9.17, 15) is 9.59 Å². The third-order valence-corrected chi connectivity index (χ3v) is 7.06. The van der Waals surface area contributed by atoms with Crippen molar-refractivity contribution in [3.05, 3.63) is 74.0 Å². The molecule has 0 bridgehead atoms. The summed E-state index contributed by atoms with van der Waals surface area (Å²) in [6, 6.07) is 12.4. The fourth-order valence-electron chi connectivity index (χ4n) is 4.09. The first kappa shape index (κ1) is 23.0. The highest BCUT2D eigenvalue weighted by Crippen LogP contribution is 2.22. The number of nitrogens with one attached hydrogen (secondary N) is 1. The van der Waals surface area contributed by atoms with E-state index in [1.54, 1.807) is 22.8 Å². The highest BCUT2D eigenvalue weighted by Gasteiger charge is 2.15. The Morgan fingerprint density at radius 1 is 1.00 bits per heavy atom. The number of benzene rings is 2. The fraction of sp³-hybridized carbons (Fsp3) is 0.333. The van der Waals surface area contributed by atoms with Crippen molar-refractivity contribution in [1.29, 1.82) is 0 Å². The van der Waals surface area contributed by atoms with Crippen molar-refractivity contribution in [3.8, 4) is 0 Å². The molecule has 1 fully saturated rings. The molecule has 0 unspecified atom stereocenters. The van der Waals surface area contributed by atoms with E-state index in [1.165, 1.54) is 11.8 Å². The molecule has 2 aromatic carbocycles. The van der Waals surface area contributed by atoms with Crippen molar-refractivity contribution in [2.75, 3.05) is 32.8 Å². The molecule has 4 aromatic rings. The van der Waals surface area contributed by atoms with Gasteiger partial charge in [0.25, 0.3) is 11.1 Å². The minimum atomic E-state index is -0.216. The highest BCUT2D eigenvalue weighted by atomic mass is 35.5. The zero-order valence-corrected chi connectivity index (χ0v) is 20.1. The van der Waals surface area contributed by atoms with E-state index in [4.69, 9.17) is 21.3 Å². The van der Waals surface area contributed by atoms with Crippen LogP contribution >= 0.6 is 23.4 Å². The summed E-state index contributed by atoms with van der Waals surface area (Å²) in [5, 5.41) is 2.22. The van der Waals surface area contributed by atoms with Crippen LogP contribution in [0, 0.1) is 0 Å². The Morgan fingerprint density at radius 3 is 2.68 bits per heavy atom. The Bertz CT molecular complexity index is 1450. The first-order chi connectivity index (χ1) is 16.6. The number of morpholine rings is 1. The molecule has 1 aliphatic rings. The summed E-state index contributed by atoms with van der Waals surface area (Å²) in [6.07, 6.45) is 0.830. The topological polar surface area (TPSA) is 93.1 Å². The van der Waals surface area contributed by atoms with Crippen LogP contribution in [0.15, 0.2) is 57.2 Å². The molecular formula is C24H24ClN5O3S. The van der Waals surface area contributed by atoms with Gasteiger partial charge in [-0.3, -0.25) is 19.1 Å². The number of hydrogen-bond acceptors (Lipinski definition) is 7. The van der Waals surface area contributed by atoms with Crippen LogP contribution in [0.1, 0.15) is 12.2 Å². The predicted molar refractivity (Wildman–Crippen MR) is 135 cm³/mol. The van der Waals surface area contributed by atoms with E-state index >= 15 is 0 Å². The summed E-state index contributed by atoms with van der Waals surface area (Å²) in [5.41, 5.74) is 0.931. The number of fused-ring (bicyclic) bond motifs is 2. The number of H-pyrrole nitrogens is 1. The second-order valence-corrected chi connectivity index (χ2v) is 9.52. The van der Waals surface area contributed by atoms with Crippen LogP contribution in [0.5, 0.6) is 0 Å². The normalized spacial score (nSPS) is 14.7. The van der Waals surface area contributed by atoms with Crippen molar-refractivity contribution in [3.63, 3.8) is 0 Å². The third-order valence-electron chi connectivity index (χ3n) is 5.84. The van der Waals surface area contributed by atoms with Crippen LogP contribution in [0.4, 0.5) is 0 Å². The number of halogens is 1. The molecule has 5 rings (SSSR count). The van der Waals surface area contributed by atoms with Crippen LogP contribution in [0.3, 0.4) is 0 Å². The van der Waals surface area contributed by atoms with Crippen LogP contribution in [-0.2, 0) is 17.0 Å². The van der Waals surface area contributed by atoms with Gasteiger partial charge in [-0.25, -0.2) is 9.97 Å². The summed E-state index contributed by atoms with van der Waals surface area (Å²) < 4.78 is 7.16. The molecule has 1 saturated heterocycles. The maximum atomic E-state index is 13.3. The number of aromatic amines is 1. The van der Waals surface area contributed by atoms with Gasteiger partial charge in [0.15, 0.2) is 5.16 Å². The lowest BCUT2D eigenvalue weighted by molar-refractivity contribution is 0.0368. The smallest absolute Gasteiger partial charge is 0.262 e.